The number of aromatic nitrogens is 2. The molecule has 1 aromatic carbocycles. The predicted molar refractivity (Wildman–Crippen MR) is 152 cm³/mol. The number of amides is 1. The molecule has 2 aromatic rings. The van der Waals surface area contributed by atoms with Crippen molar-refractivity contribution in [2.75, 3.05) is 35.7 Å². The van der Waals surface area contributed by atoms with Gasteiger partial charge in [-0.05, 0) is 73.5 Å². The van der Waals surface area contributed by atoms with E-state index in [9.17, 15) is 9.18 Å². The Bertz CT molecular complexity index is 1230. The number of rotatable bonds is 6. The summed E-state index contributed by atoms with van der Waals surface area (Å²) in [6.07, 6.45) is 4.08. The van der Waals surface area contributed by atoms with Gasteiger partial charge >= 0.3 is 0 Å². The SMILES string of the molecule is CNC(=O)[C@H]1C[C@@H]2C[C@H](C2(C)C)[C@@]1(C)Nc1cc(F)nc(Nc2ccc(N3CCC(C)(C)CC3)c(Cl)c2)n1. The lowest BCUT2D eigenvalue weighted by molar-refractivity contribution is -0.155. The molecule has 3 N–H and O–H groups in total. The number of benzene rings is 1. The highest BCUT2D eigenvalue weighted by molar-refractivity contribution is 6.33. The molecule has 1 aliphatic heterocycles. The molecule has 4 atom stereocenters. The van der Waals surface area contributed by atoms with E-state index in [1.165, 1.54) is 6.07 Å². The number of carbonyl (C=O) groups is 1. The molecule has 0 radical (unpaired) electrons. The summed E-state index contributed by atoms with van der Waals surface area (Å²) in [7, 11) is 1.67. The highest BCUT2D eigenvalue weighted by atomic mass is 35.5. The van der Waals surface area contributed by atoms with Gasteiger partial charge in [0.25, 0.3) is 0 Å². The molecule has 1 saturated heterocycles. The van der Waals surface area contributed by atoms with Gasteiger partial charge in [-0.2, -0.15) is 14.4 Å². The fraction of sp³-hybridized carbons (Fsp3) is 0.621. The first-order valence-corrected chi connectivity index (χ1v) is 14.1. The van der Waals surface area contributed by atoms with Crippen molar-refractivity contribution in [1.82, 2.24) is 15.3 Å². The molecular weight excluding hydrogens is 503 g/mol. The molecule has 4 fully saturated rings. The molecule has 1 aromatic heterocycles. The second-order valence-electron chi connectivity index (χ2n) is 13.0. The van der Waals surface area contributed by atoms with Crippen LogP contribution in [-0.4, -0.2) is 41.6 Å². The maximum atomic E-state index is 14.7. The minimum absolute atomic E-state index is 0.00470. The first-order valence-electron chi connectivity index (χ1n) is 13.7. The van der Waals surface area contributed by atoms with Gasteiger partial charge in [-0.15, -0.1) is 0 Å². The van der Waals surface area contributed by atoms with Gasteiger partial charge < -0.3 is 20.9 Å². The van der Waals surface area contributed by atoms with E-state index in [4.69, 9.17) is 11.6 Å². The van der Waals surface area contributed by atoms with E-state index in [-0.39, 0.29) is 29.1 Å². The molecule has 2 heterocycles. The van der Waals surface area contributed by atoms with E-state index >= 15 is 0 Å². The van der Waals surface area contributed by atoms with Crippen LogP contribution in [-0.2, 0) is 4.79 Å². The Morgan fingerprint density at radius 1 is 1.08 bits per heavy atom. The number of hydrogen-bond donors (Lipinski definition) is 3. The van der Waals surface area contributed by atoms with Crippen molar-refractivity contribution in [2.45, 2.75) is 65.8 Å². The van der Waals surface area contributed by atoms with Gasteiger partial charge in [-0.25, -0.2) is 0 Å². The quantitative estimate of drug-likeness (QED) is 0.375. The number of piperidine rings is 1. The Morgan fingerprint density at radius 3 is 2.42 bits per heavy atom. The Labute approximate surface area is 230 Å². The fourth-order valence-corrected chi connectivity index (χ4v) is 7.37. The van der Waals surface area contributed by atoms with Crippen LogP contribution in [0.4, 0.5) is 27.5 Å². The average molecular weight is 543 g/mol. The lowest BCUT2D eigenvalue weighted by atomic mass is 9.40. The van der Waals surface area contributed by atoms with Crippen LogP contribution >= 0.6 is 11.6 Å². The number of fused-ring (bicyclic) bond motifs is 2. The molecular formula is C29H40ClFN6O. The molecule has 3 aliphatic carbocycles. The number of carbonyl (C=O) groups excluding carboxylic acids is 1. The molecule has 6 rings (SSSR count). The Hall–Kier alpha value is -2.61. The van der Waals surface area contributed by atoms with Crippen LogP contribution in [0.2, 0.25) is 5.02 Å². The minimum Gasteiger partial charge on any atom is -0.370 e. The van der Waals surface area contributed by atoms with Crippen molar-refractivity contribution >= 4 is 40.6 Å². The molecule has 0 spiro atoms. The number of anilines is 4. The van der Waals surface area contributed by atoms with Crippen LogP contribution in [0.5, 0.6) is 0 Å². The van der Waals surface area contributed by atoms with Gasteiger partial charge in [-0.1, -0.05) is 39.3 Å². The third-order valence-electron chi connectivity index (χ3n) is 9.76. The molecule has 1 amide bonds. The molecule has 3 saturated carbocycles. The van der Waals surface area contributed by atoms with Crippen molar-refractivity contribution < 1.29 is 9.18 Å². The smallest absolute Gasteiger partial charge is 0.231 e. The minimum atomic E-state index is -0.648. The normalized spacial score (nSPS) is 29.3. The zero-order valence-corrected chi connectivity index (χ0v) is 24.0. The maximum Gasteiger partial charge on any atom is 0.231 e. The maximum absolute atomic E-state index is 14.7. The van der Waals surface area contributed by atoms with E-state index in [1.807, 2.05) is 18.2 Å². The molecule has 2 bridgehead atoms. The van der Waals surface area contributed by atoms with Gasteiger partial charge in [0, 0.05) is 31.9 Å². The Kier molecular flexibility index (Phi) is 6.77. The topological polar surface area (TPSA) is 82.2 Å². The summed E-state index contributed by atoms with van der Waals surface area (Å²) in [4.78, 5) is 23.7. The van der Waals surface area contributed by atoms with E-state index in [1.54, 1.807) is 7.05 Å². The summed E-state index contributed by atoms with van der Waals surface area (Å²) < 4.78 is 14.7. The van der Waals surface area contributed by atoms with Crippen LogP contribution in [0.3, 0.4) is 0 Å². The molecule has 4 aliphatic rings. The first-order chi connectivity index (χ1) is 17.8. The molecule has 38 heavy (non-hydrogen) atoms. The first kappa shape index (κ1) is 27.0. The van der Waals surface area contributed by atoms with E-state index < -0.39 is 11.5 Å². The fourth-order valence-electron chi connectivity index (χ4n) is 7.07. The monoisotopic (exact) mass is 542 g/mol. The summed E-state index contributed by atoms with van der Waals surface area (Å²) in [6, 6.07) is 7.04. The van der Waals surface area contributed by atoms with Crippen molar-refractivity contribution in [1.29, 1.82) is 0 Å². The van der Waals surface area contributed by atoms with Gasteiger partial charge in [-0.3, -0.25) is 4.79 Å². The van der Waals surface area contributed by atoms with Gasteiger partial charge in [0.1, 0.15) is 5.82 Å². The Balaban J connectivity index is 1.35. The van der Waals surface area contributed by atoms with Gasteiger partial charge in [0.05, 0.1) is 22.2 Å². The summed E-state index contributed by atoms with van der Waals surface area (Å²) in [5, 5.41) is 10.1. The third kappa shape index (κ3) is 4.80. The zero-order chi connectivity index (χ0) is 27.5. The Morgan fingerprint density at radius 2 is 1.79 bits per heavy atom. The summed E-state index contributed by atoms with van der Waals surface area (Å²) in [5.41, 5.74) is 1.58. The number of nitrogens with one attached hydrogen (secondary N) is 3. The van der Waals surface area contributed by atoms with Crippen LogP contribution in [0.15, 0.2) is 24.3 Å². The summed E-state index contributed by atoms with van der Waals surface area (Å²) in [6.45, 7) is 13.1. The second kappa shape index (κ2) is 9.54. The average Bonchev–Trinajstić information content (AvgIpc) is 2.83. The highest BCUT2D eigenvalue weighted by Crippen LogP contribution is 2.65. The molecule has 9 heteroatoms. The number of hydrogen-bond acceptors (Lipinski definition) is 6. The summed E-state index contributed by atoms with van der Waals surface area (Å²) >= 11 is 6.67. The van der Waals surface area contributed by atoms with Crippen LogP contribution in [0.1, 0.15) is 60.3 Å². The molecule has 0 unspecified atom stereocenters. The van der Waals surface area contributed by atoms with Gasteiger partial charge in [0.15, 0.2) is 0 Å². The van der Waals surface area contributed by atoms with Gasteiger partial charge in [0.2, 0.25) is 17.8 Å². The number of halogens is 2. The highest BCUT2D eigenvalue weighted by Gasteiger charge is 2.64. The second-order valence-corrected chi connectivity index (χ2v) is 13.4. The largest absolute Gasteiger partial charge is 0.370 e. The predicted octanol–water partition coefficient (Wildman–Crippen LogP) is 6.24. The molecule has 7 nitrogen and oxygen atoms in total. The summed E-state index contributed by atoms with van der Waals surface area (Å²) in [5.74, 6) is 0.389. The van der Waals surface area contributed by atoms with E-state index in [0.717, 1.165) is 44.5 Å². The lowest BCUT2D eigenvalue weighted by Crippen LogP contribution is -2.69. The van der Waals surface area contributed by atoms with Crippen molar-refractivity contribution in [3.63, 3.8) is 0 Å². The lowest BCUT2D eigenvalue weighted by Gasteiger charge is -2.66. The van der Waals surface area contributed by atoms with Crippen molar-refractivity contribution in [2.24, 2.45) is 28.6 Å². The van der Waals surface area contributed by atoms with Crippen LogP contribution in [0, 0.1) is 34.5 Å². The zero-order valence-electron chi connectivity index (χ0n) is 23.3. The van der Waals surface area contributed by atoms with Crippen molar-refractivity contribution in [3.05, 3.63) is 35.2 Å². The standard InChI is InChI=1S/C29H40ClFN6O/c1-27(2)9-11-37(12-10-27)21-8-7-18(15-20(21)30)33-26-34-23(31)16-24(35-26)36-29(5)19(25(38)32-6)13-17-14-22(29)28(17,3)4/h7-8,15-17,19,22H,9-14H2,1-6H3,(H,32,38)(H2,33,34,35,36)/t17-,19-,22-,29+/m1/s1. The molecule has 206 valence electrons. The van der Waals surface area contributed by atoms with Crippen molar-refractivity contribution in [3.8, 4) is 0 Å². The van der Waals surface area contributed by atoms with Crippen LogP contribution in [0.25, 0.3) is 0 Å². The number of nitrogens with zero attached hydrogens (tertiary/aromatic N) is 3. The third-order valence-corrected chi connectivity index (χ3v) is 10.1. The van der Waals surface area contributed by atoms with Crippen LogP contribution < -0.4 is 20.9 Å². The van der Waals surface area contributed by atoms with E-state index in [2.05, 4.69) is 65.4 Å². The van der Waals surface area contributed by atoms with E-state index in [0.29, 0.717) is 27.9 Å².